The summed E-state index contributed by atoms with van der Waals surface area (Å²) in [5.74, 6) is -1.10. The first-order chi connectivity index (χ1) is 17.0. The summed E-state index contributed by atoms with van der Waals surface area (Å²) in [4.78, 5) is 28.6. The molecule has 176 valence electrons. The van der Waals surface area contributed by atoms with Crippen LogP contribution in [-0.4, -0.2) is 42.1 Å². The number of para-hydroxylation sites is 1. The first-order valence-electron chi connectivity index (χ1n) is 11.6. The van der Waals surface area contributed by atoms with Gasteiger partial charge in [0.1, 0.15) is 16.8 Å². The number of carboxylic acid groups (broad SMARTS) is 1. The molecule has 0 unspecified atom stereocenters. The molecule has 0 spiro atoms. The maximum Gasteiger partial charge on any atom is 0.315 e. The number of aliphatic carboxylic acids is 1. The molecule has 0 saturated carbocycles. The molecule has 2 saturated heterocycles. The zero-order chi connectivity index (χ0) is 24.4. The van der Waals surface area contributed by atoms with Crippen LogP contribution in [0.15, 0.2) is 85.4 Å². The fourth-order valence-electron chi connectivity index (χ4n) is 6.52. The van der Waals surface area contributed by atoms with Crippen LogP contribution in [0.3, 0.4) is 0 Å². The summed E-state index contributed by atoms with van der Waals surface area (Å²) in [5.41, 5.74) is 1.02. The first-order valence-corrected chi connectivity index (χ1v) is 11.6. The summed E-state index contributed by atoms with van der Waals surface area (Å²) in [6, 6.07) is 24.6. The lowest BCUT2D eigenvalue weighted by atomic mass is 9.57. The second-order valence-corrected chi connectivity index (χ2v) is 9.42. The predicted molar refractivity (Wildman–Crippen MR) is 130 cm³/mol. The number of rotatable bonds is 5. The minimum atomic E-state index is -1.33. The van der Waals surface area contributed by atoms with E-state index >= 15 is 0 Å². The molecule has 6 rings (SSSR count). The summed E-state index contributed by atoms with van der Waals surface area (Å²) >= 11 is 0. The highest BCUT2D eigenvalue weighted by molar-refractivity contribution is 6.19. The van der Waals surface area contributed by atoms with Gasteiger partial charge in [0.15, 0.2) is 0 Å². The van der Waals surface area contributed by atoms with Crippen molar-refractivity contribution in [2.75, 3.05) is 20.2 Å². The number of benzene rings is 3. The molecule has 3 aliphatic heterocycles. The van der Waals surface area contributed by atoms with Crippen molar-refractivity contribution < 1.29 is 24.2 Å². The minimum Gasteiger partial charge on any atom is -0.496 e. The van der Waals surface area contributed by atoms with Gasteiger partial charge in [-0.05, 0) is 22.8 Å². The molecule has 1 amide bonds. The fourth-order valence-corrected chi connectivity index (χ4v) is 6.52. The number of carbonyl (C=O) groups excluding carboxylic acids is 1. The molecular weight excluding hydrogens is 442 g/mol. The van der Waals surface area contributed by atoms with Crippen LogP contribution in [0.25, 0.3) is 5.57 Å². The third-order valence-corrected chi connectivity index (χ3v) is 7.97. The molecule has 3 aromatic carbocycles. The minimum absolute atomic E-state index is 0.0275. The van der Waals surface area contributed by atoms with E-state index in [-0.39, 0.29) is 24.6 Å². The van der Waals surface area contributed by atoms with E-state index in [1.165, 1.54) is 0 Å². The Morgan fingerprint density at radius 2 is 1.71 bits per heavy atom. The summed E-state index contributed by atoms with van der Waals surface area (Å²) in [7, 11) is 1.55. The SMILES string of the molecule is C=C(C(=O)N1C[C@@H]2[C@@H]3O[C@@](c4ccccc4)(c4ccccc43)[C@]2(C(=O)O)C1)c1ccccc1OC. The van der Waals surface area contributed by atoms with Gasteiger partial charge in [0.2, 0.25) is 0 Å². The maximum atomic E-state index is 13.7. The van der Waals surface area contributed by atoms with Crippen molar-refractivity contribution in [1.82, 2.24) is 4.90 Å². The lowest BCUT2D eigenvalue weighted by Crippen LogP contribution is -2.54. The Bertz CT molecular complexity index is 1370. The van der Waals surface area contributed by atoms with Gasteiger partial charge in [0, 0.05) is 30.1 Å². The molecular formula is C29H25NO5. The Morgan fingerprint density at radius 3 is 2.46 bits per heavy atom. The van der Waals surface area contributed by atoms with Crippen LogP contribution >= 0.6 is 0 Å². The van der Waals surface area contributed by atoms with E-state index in [0.29, 0.717) is 11.3 Å². The zero-order valence-corrected chi connectivity index (χ0v) is 19.3. The third-order valence-electron chi connectivity index (χ3n) is 7.97. The van der Waals surface area contributed by atoms with Crippen LogP contribution in [-0.2, 0) is 19.9 Å². The highest BCUT2D eigenvalue weighted by Crippen LogP contribution is 2.71. The van der Waals surface area contributed by atoms with Crippen LogP contribution in [0, 0.1) is 11.3 Å². The topological polar surface area (TPSA) is 76.1 Å². The molecule has 3 aromatic rings. The number of carboxylic acids is 1. The van der Waals surface area contributed by atoms with Gasteiger partial charge in [-0.15, -0.1) is 0 Å². The van der Waals surface area contributed by atoms with Crippen molar-refractivity contribution in [2.24, 2.45) is 11.3 Å². The maximum absolute atomic E-state index is 13.7. The Hall–Kier alpha value is -3.90. The van der Waals surface area contributed by atoms with Crippen LogP contribution in [0.2, 0.25) is 0 Å². The quantitative estimate of drug-likeness (QED) is 0.568. The highest BCUT2D eigenvalue weighted by Gasteiger charge is 2.78. The molecule has 4 atom stereocenters. The van der Waals surface area contributed by atoms with E-state index in [9.17, 15) is 14.7 Å². The Balaban J connectivity index is 1.47. The second kappa shape index (κ2) is 7.55. The van der Waals surface area contributed by atoms with E-state index in [1.807, 2.05) is 66.7 Å². The van der Waals surface area contributed by atoms with Gasteiger partial charge >= 0.3 is 5.97 Å². The van der Waals surface area contributed by atoms with Gasteiger partial charge in [0.25, 0.3) is 5.91 Å². The number of ether oxygens (including phenoxy) is 2. The molecule has 2 bridgehead atoms. The van der Waals surface area contributed by atoms with Crippen molar-refractivity contribution in [3.63, 3.8) is 0 Å². The third kappa shape index (κ3) is 2.63. The molecule has 6 nitrogen and oxygen atoms in total. The van der Waals surface area contributed by atoms with Crippen molar-refractivity contribution in [2.45, 2.75) is 11.7 Å². The van der Waals surface area contributed by atoms with Gasteiger partial charge in [-0.1, -0.05) is 79.4 Å². The molecule has 35 heavy (non-hydrogen) atoms. The Kier molecular flexibility index (Phi) is 4.66. The summed E-state index contributed by atoms with van der Waals surface area (Å²) in [5, 5.41) is 10.8. The van der Waals surface area contributed by atoms with Crippen LogP contribution in [0.4, 0.5) is 0 Å². The number of fused-ring (bicyclic) bond motifs is 8. The number of amides is 1. The van der Waals surface area contributed by atoms with Crippen molar-refractivity contribution in [1.29, 1.82) is 0 Å². The molecule has 0 aliphatic carbocycles. The van der Waals surface area contributed by atoms with Gasteiger partial charge in [-0.3, -0.25) is 9.59 Å². The smallest absolute Gasteiger partial charge is 0.315 e. The van der Waals surface area contributed by atoms with Crippen LogP contribution in [0.5, 0.6) is 5.75 Å². The normalized spacial score (nSPS) is 27.9. The van der Waals surface area contributed by atoms with E-state index in [1.54, 1.807) is 24.1 Å². The summed E-state index contributed by atoms with van der Waals surface area (Å²) in [6.45, 7) is 4.36. The first kappa shape index (κ1) is 21.6. The van der Waals surface area contributed by atoms with E-state index in [4.69, 9.17) is 9.47 Å². The van der Waals surface area contributed by atoms with Gasteiger partial charge in [-0.25, -0.2) is 0 Å². The highest BCUT2D eigenvalue weighted by atomic mass is 16.5. The molecule has 3 aliphatic rings. The summed E-state index contributed by atoms with van der Waals surface area (Å²) < 4.78 is 12.1. The predicted octanol–water partition coefficient (Wildman–Crippen LogP) is 4.27. The van der Waals surface area contributed by atoms with Gasteiger partial charge < -0.3 is 19.5 Å². The lowest BCUT2D eigenvalue weighted by Gasteiger charge is -2.42. The number of likely N-dealkylation sites (tertiary alicyclic amines) is 1. The molecule has 1 N–H and O–H groups in total. The van der Waals surface area contributed by atoms with Crippen molar-refractivity contribution >= 4 is 17.4 Å². The number of carbonyl (C=O) groups is 2. The molecule has 2 fully saturated rings. The number of hydrogen-bond donors (Lipinski definition) is 1. The van der Waals surface area contributed by atoms with Crippen molar-refractivity contribution in [3.8, 4) is 5.75 Å². The van der Waals surface area contributed by atoms with E-state index in [0.717, 1.165) is 16.7 Å². The lowest BCUT2D eigenvalue weighted by molar-refractivity contribution is -0.159. The molecule has 0 radical (unpaired) electrons. The van der Waals surface area contributed by atoms with Gasteiger partial charge in [0.05, 0.1) is 13.2 Å². The standard InChI is InChI=1S/C29H25NO5/c1-18(20-12-7-9-15-24(20)34-2)26(31)30-16-23-25-21-13-6-8-14-22(21)29(35-25,19-10-4-3-5-11-19)28(23,17-30)27(32)33/h3-15,23,25H,1,16-17H2,2H3,(H,32,33)/t23-,25-,28-,29+/m1/s1. The average Bonchev–Trinajstić information content (AvgIpc) is 3.55. The second-order valence-electron chi connectivity index (χ2n) is 9.42. The summed E-state index contributed by atoms with van der Waals surface area (Å²) in [6.07, 6.45) is -0.417. The van der Waals surface area contributed by atoms with Crippen LogP contribution in [0.1, 0.15) is 28.4 Å². The van der Waals surface area contributed by atoms with Crippen LogP contribution < -0.4 is 4.74 Å². The molecule has 6 heteroatoms. The molecule has 0 aromatic heterocycles. The zero-order valence-electron chi connectivity index (χ0n) is 19.3. The van der Waals surface area contributed by atoms with E-state index < -0.39 is 29.0 Å². The Labute approximate surface area is 203 Å². The monoisotopic (exact) mass is 467 g/mol. The molecule has 3 heterocycles. The number of hydrogen-bond acceptors (Lipinski definition) is 4. The Morgan fingerprint density at radius 1 is 1.03 bits per heavy atom. The van der Waals surface area contributed by atoms with E-state index in [2.05, 4.69) is 6.58 Å². The van der Waals surface area contributed by atoms with Gasteiger partial charge in [-0.2, -0.15) is 0 Å². The largest absolute Gasteiger partial charge is 0.496 e. The number of methoxy groups -OCH3 is 1. The average molecular weight is 468 g/mol. The van der Waals surface area contributed by atoms with Crippen molar-refractivity contribution in [3.05, 3.63) is 108 Å². The number of nitrogens with zero attached hydrogens (tertiary/aromatic N) is 1. The fraction of sp³-hybridized carbons (Fsp3) is 0.241.